The maximum Gasteiger partial charge on any atom is 0.258 e. The normalized spacial score (nSPS) is 13.9. The molecule has 0 saturated heterocycles. The highest BCUT2D eigenvalue weighted by molar-refractivity contribution is 7.92. The maximum atomic E-state index is 13.1. The monoisotopic (exact) mass is 499 g/mol. The molecule has 0 spiro atoms. The Kier molecular flexibility index (Phi) is 7.96. The molecule has 0 saturated carbocycles. The fraction of sp³-hybridized carbons (Fsp3) is 0.385. The van der Waals surface area contributed by atoms with E-state index in [1.165, 1.54) is 17.1 Å². The number of rotatable bonds is 10. The van der Waals surface area contributed by atoms with E-state index in [1.807, 2.05) is 44.4 Å². The predicted octanol–water partition coefficient (Wildman–Crippen LogP) is 2.33. The molecule has 0 fully saturated rings. The number of aromatic nitrogens is 1. The van der Waals surface area contributed by atoms with Gasteiger partial charge in [0.25, 0.3) is 5.56 Å². The van der Waals surface area contributed by atoms with Crippen LogP contribution < -0.4 is 5.56 Å². The number of aliphatic hydroxyl groups excluding tert-OH is 1. The molecule has 35 heavy (non-hydrogen) atoms. The molecule has 0 amide bonds. The van der Waals surface area contributed by atoms with Gasteiger partial charge in [0.1, 0.15) is 11.4 Å². The summed E-state index contributed by atoms with van der Waals surface area (Å²) in [4.78, 5) is 25.2. The van der Waals surface area contributed by atoms with E-state index in [0.29, 0.717) is 5.39 Å². The fourth-order valence-corrected chi connectivity index (χ4v) is 4.82. The smallest absolute Gasteiger partial charge is 0.258 e. The molecule has 0 bridgehead atoms. The minimum absolute atomic E-state index is 0.0364. The van der Waals surface area contributed by atoms with E-state index in [0.717, 1.165) is 29.3 Å². The molecular weight excluding hydrogens is 466 g/mol. The summed E-state index contributed by atoms with van der Waals surface area (Å²) >= 11 is 0. The van der Waals surface area contributed by atoms with Crippen molar-refractivity contribution < 1.29 is 18.3 Å². The van der Waals surface area contributed by atoms with Crippen LogP contribution in [0.25, 0.3) is 21.9 Å². The van der Waals surface area contributed by atoms with Gasteiger partial charge in [-0.3, -0.25) is 9.59 Å². The highest BCUT2D eigenvalue weighted by Crippen LogP contribution is 2.25. The van der Waals surface area contributed by atoms with Gasteiger partial charge in [-0.1, -0.05) is 30.3 Å². The van der Waals surface area contributed by atoms with E-state index in [2.05, 4.69) is 29.3 Å². The molecule has 8 nitrogen and oxygen atoms in total. The summed E-state index contributed by atoms with van der Waals surface area (Å²) in [5.41, 5.74) is 2.96. The van der Waals surface area contributed by atoms with Gasteiger partial charge in [-0.05, 0) is 53.6 Å². The van der Waals surface area contributed by atoms with Gasteiger partial charge in [-0.2, -0.15) is 0 Å². The zero-order chi connectivity index (χ0) is 26.0. The number of carbonyl (C=O) groups is 1. The Morgan fingerprint density at radius 2 is 1.66 bits per heavy atom. The Labute approximate surface area is 206 Å². The minimum Gasteiger partial charge on any atom is -0.389 e. The number of pyridine rings is 1. The molecule has 3 aromatic rings. The standard InChI is InChI=1S/C26H33N3O5S/c1-26(24(31)18-30,35(5,33)34)13-15-29-14-12-22-16-21(10-11-23(22)25(29)32)20-8-6-19(7-9-20)17-28(4)27(2)3/h6-12,14,16,30H,13,15,17-18H2,1-5H3/t26-/m1/s1. The number of hydrogen-bond donors (Lipinski definition) is 1. The van der Waals surface area contributed by atoms with Gasteiger partial charge in [-0.25, -0.2) is 18.4 Å². The maximum absolute atomic E-state index is 13.1. The van der Waals surface area contributed by atoms with E-state index < -0.39 is 27.0 Å². The number of aryl methyl sites for hydroxylation is 1. The van der Waals surface area contributed by atoms with Crippen LogP contribution in [-0.2, 0) is 27.7 Å². The van der Waals surface area contributed by atoms with Gasteiger partial charge in [0.15, 0.2) is 15.6 Å². The molecule has 1 heterocycles. The SMILES string of the molecule is CN(C)N(C)Cc1ccc(-c2ccc3c(=O)n(CC[C@](C)(C(=O)CO)S(C)(=O)=O)ccc3c2)cc1. The lowest BCUT2D eigenvalue weighted by Crippen LogP contribution is -2.46. The molecule has 0 aliphatic heterocycles. The van der Waals surface area contributed by atoms with Gasteiger partial charge < -0.3 is 9.67 Å². The average molecular weight is 500 g/mol. The first kappa shape index (κ1) is 26.7. The van der Waals surface area contributed by atoms with E-state index >= 15 is 0 Å². The average Bonchev–Trinajstić information content (AvgIpc) is 2.82. The Bertz CT molecular complexity index is 1380. The van der Waals surface area contributed by atoms with Crippen LogP contribution >= 0.6 is 0 Å². The van der Waals surface area contributed by atoms with Crippen molar-refractivity contribution >= 4 is 26.4 Å². The second-order valence-corrected chi connectivity index (χ2v) is 11.8. The third-order valence-electron chi connectivity index (χ3n) is 6.74. The Morgan fingerprint density at radius 3 is 2.23 bits per heavy atom. The summed E-state index contributed by atoms with van der Waals surface area (Å²) in [6.07, 6.45) is 2.48. The van der Waals surface area contributed by atoms with Crippen molar-refractivity contribution in [1.29, 1.82) is 0 Å². The van der Waals surface area contributed by atoms with Crippen molar-refractivity contribution in [3.8, 4) is 11.1 Å². The highest BCUT2D eigenvalue weighted by atomic mass is 32.2. The van der Waals surface area contributed by atoms with Gasteiger partial charge in [-0.15, -0.1) is 0 Å². The summed E-state index contributed by atoms with van der Waals surface area (Å²) in [5.74, 6) is -0.780. The Balaban J connectivity index is 1.85. The topological polar surface area (TPSA) is 99.9 Å². The number of carbonyl (C=O) groups excluding carboxylic acids is 1. The molecule has 0 aliphatic rings. The number of nitrogens with zero attached hydrogens (tertiary/aromatic N) is 3. The quantitative estimate of drug-likeness (QED) is 0.428. The molecule has 188 valence electrons. The molecule has 1 aromatic heterocycles. The van der Waals surface area contributed by atoms with Crippen LogP contribution in [0.3, 0.4) is 0 Å². The predicted molar refractivity (Wildman–Crippen MR) is 139 cm³/mol. The van der Waals surface area contributed by atoms with Crippen LogP contribution in [0.2, 0.25) is 0 Å². The van der Waals surface area contributed by atoms with Crippen molar-refractivity contribution in [2.24, 2.45) is 0 Å². The zero-order valence-electron chi connectivity index (χ0n) is 20.9. The van der Waals surface area contributed by atoms with Crippen molar-refractivity contribution in [3.05, 3.63) is 70.6 Å². The number of fused-ring (bicyclic) bond motifs is 1. The van der Waals surface area contributed by atoms with Crippen LogP contribution in [0, 0.1) is 0 Å². The minimum atomic E-state index is -3.78. The second kappa shape index (κ2) is 10.4. The molecule has 3 rings (SSSR count). The second-order valence-electron chi connectivity index (χ2n) is 9.31. The lowest BCUT2D eigenvalue weighted by Gasteiger charge is -2.25. The van der Waals surface area contributed by atoms with E-state index in [4.69, 9.17) is 0 Å². The van der Waals surface area contributed by atoms with E-state index in [9.17, 15) is 23.1 Å². The molecular formula is C26H33N3O5S. The number of hydrogen-bond acceptors (Lipinski definition) is 7. The van der Waals surface area contributed by atoms with Crippen LogP contribution in [0.4, 0.5) is 0 Å². The molecule has 2 aromatic carbocycles. The van der Waals surface area contributed by atoms with E-state index in [-0.39, 0.29) is 18.5 Å². The summed E-state index contributed by atoms with van der Waals surface area (Å²) in [7, 11) is 2.24. The summed E-state index contributed by atoms with van der Waals surface area (Å²) in [5, 5.41) is 14.6. The zero-order valence-corrected chi connectivity index (χ0v) is 21.7. The molecule has 1 N–H and O–H groups in total. The van der Waals surface area contributed by atoms with Gasteiger partial charge in [0.05, 0.1) is 0 Å². The number of aliphatic hydroxyl groups is 1. The number of benzene rings is 2. The third-order valence-corrected chi connectivity index (χ3v) is 8.81. The summed E-state index contributed by atoms with van der Waals surface area (Å²) < 4.78 is 24.1. The first-order chi connectivity index (χ1) is 16.4. The Morgan fingerprint density at radius 1 is 1.03 bits per heavy atom. The van der Waals surface area contributed by atoms with Crippen LogP contribution in [-0.4, -0.2) is 72.6 Å². The first-order valence-corrected chi connectivity index (χ1v) is 13.2. The number of hydrazine groups is 1. The molecule has 0 aliphatic carbocycles. The number of Topliss-reactive ketones (excluding diaryl/α,β-unsaturated/α-hetero) is 1. The van der Waals surface area contributed by atoms with Crippen molar-refractivity contribution in [3.63, 3.8) is 0 Å². The van der Waals surface area contributed by atoms with Crippen molar-refractivity contribution in [2.75, 3.05) is 34.0 Å². The van der Waals surface area contributed by atoms with Crippen LogP contribution in [0.5, 0.6) is 0 Å². The molecule has 1 atom stereocenters. The van der Waals surface area contributed by atoms with E-state index in [1.54, 1.807) is 12.3 Å². The van der Waals surface area contributed by atoms with Crippen LogP contribution in [0.1, 0.15) is 18.9 Å². The van der Waals surface area contributed by atoms with Crippen molar-refractivity contribution in [2.45, 2.75) is 31.2 Å². The number of ketones is 1. The third kappa shape index (κ3) is 5.70. The summed E-state index contributed by atoms with van der Waals surface area (Å²) in [6, 6.07) is 15.7. The highest BCUT2D eigenvalue weighted by Gasteiger charge is 2.42. The molecule has 0 unspecified atom stereocenters. The van der Waals surface area contributed by atoms with Crippen molar-refractivity contribution in [1.82, 2.24) is 14.6 Å². The lowest BCUT2D eigenvalue weighted by molar-refractivity contribution is -0.124. The first-order valence-electron chi connectivity index (χ1n) is 11.3. The lowest BCUT2D eigenvalue weighted by atomic mass is 10.0. The largest absolute Gasteiger partial charge is 0.389 e. The Hall–Kier alpha value is -2.85. The molecule has 9 heteroatoms. The molecule has 0 radical (unpaired) electrons. The number of sulfone groups is 1. The fourth-order valence-electron chi connectivity index (χ4n) is 3.88. The van der Waals surface area contributed by atoms with Gasteiger partial charge in [0, 0.05) is 52.1 Å². The van der Waals surface area contributed by atoms with Gasteiger partial charge in [0.2, 0.25) is 0 Å². The van der Waals surface area contributed by atoms with Gasteiger partial charge >= 0.3 is 0 Å². The summed E-state index contributed by atoms with van der Waals surface area (Å²) in [6.45, 7) is 1.26. The van der Waals surface area contributed by atoms with Crippen LogP contribution in [0.15, 0.2) is 59.5 Å².